The number of nitrogens with two attached hydrogens (primary N) is 1. The summed E-state index contributed by atoms with van der Waals surface area (Å²) in [5.41, 5.74) is 6.52. The SMILES string of the molecule is CCOC1CC(N)(C(=O)NCc2ccc(C(=O)NC)cc2)C1(C)C.Cl. The number of ether oxygens (including phenoxy) is 1. The van der Waals surface area contributed by atoms with Crippen molar-refractivity contribution in [3.05, 3.63) is 35.4 Å². The number of carbonyl (C=O) groups excluding carboxylic acids is 2. The van der Waals surface area contributed by atoms with Gasteiger partial charge in [0.15, 0.2) is 0 Å². The third-order valence-electron chi connectivity index (χ3n) is 5.13. The minimum Gasteiger partial charge on any atom is -0.378 e. The second-order valence-corrected chi connectivity index (χ2v) is 6.80. The Hall–Kier alpha value is -1.63. The molecule has 1 aromatic rings. The van der Waals surface area contributed by atoms with Gasteiger partial charge in [0.25, 0.3) is 5.91 Å². The largest absolute Gasteiger partial charge is 0.378 e. The summed E-state index contributed by atoms with van der Waals surface area (Å²) >= 11 is 0. The Labute approximate surface area is 155 Å². The summed E-state index contributed by atoms with van der Waals surface area (Å²) in [6.07, 6.45) is 0.528. The Morgan fingerprint density at radius 3 is 2.36 bits per heavy atom. The molecule has 0 aliphatic heterocycles. The zero-order chi connectivity index (χ0) is 18.0. The molecule has 2 atom stereocenters. The summed E-state index contributed by atoms with van der Waals surface area (Å²) in [6.45, 7) is 6.86. The first-order valence-corrected chi connectivity index (χ1v) is 8.26. The Bertz CT molecular complexity index is 618. The molecule has 1 fully saturated rings. The molecule has 7 heteroatoms. The summed E-state index contributed by atoms with van der Waals surface area (Å²) < 4.78 is 5.65. The molecule has 1 aromatic carbocycles. The van der Waals surface area contributed by atoms with E-state index in [4.69, 9.17) is 10.5 Å². The van der Waals surface area contributed by atoms with E-state index in [-0.39, 0.29) is 30.3 Å². The lowest BCUT2D eigenvalue weighted by atomic mass is 9.54. The molecule has 25 heavy (non-hydrogen) atoms. The highest BCUT2D eigenvalue weighted by molar-refractivity contribution is 5.94. The Morgan fingerprint density at radius 1 is 1.28 bits per heavy atom. The number of hydrogen-bond acceptors (Lipinski definition) is 4. The Balaban J connectivity index is 0.00000312. The summed E-state index contributed by atoms with van der Waals surface area (Å²) in [5, 5.41) is 5.47. The molecule has 0 heterocycles. The summed E-state index contributed by atoms with van der Waals surface area (Å²) in [6, 6.07) is 7.11. The molecule has 1 aliphatic carbocycles. The van der Waals surface area contributed by atoms with E-state index in [2.05, 4.69) is 10.6 Å². The van der Waals surface area contributed by atoms with Crippen LogP contribution in [0.25, 0.3) is 0 Å². The quantitative estimate of drug-likeness (QED) is 0.710. The van der Waals surface area contributed by atoms with E-state index in [1.54, 1.807) is 19.2 Å². The van der Waals surface area contributed by atoms with Crippen LogP contribution in [0.2, 0.25) is 0 Å². The third-order valence-corrected chi connectivity index (χ3v) is 5.13. The molecule has 0 aromatic heterocycles. The van der Waals surface area contributed by atoms with E-state index < -0.39 is 11.0 Å². The number of rotatable bonds is 6. The maximum atomic E-state index is 12.6. The third kappa shape index (κ3) is 3.97. The Morgan fingerprint density at radius 2 is 1.88 bits per heavy atom. The second kappa shape index (κ2) is 8.17. The molecule has 2 amide bonds. The monoisotopic (exact) mass is 369 g/mol. The van der Waals surface area contributed by atoms with E-state index in [0.29, 0.717) is 25.1 Å². The van der Waals surface area contributed by atoms with Crippen LogP contribution in [-0.4, -0.2) is 37.1 Å². The lowest BCUT2D eigenvalue weighted by molar-refractivity contribution is -0.170. The van der Waals surface area contributed by atoms with E-state index in [1.165, 1.54) is 0 Å². The lowest BCUT2D eigenvalue weighted by Gasteiger charge is -2.57. The van der Waals surface area contributed by atoms with Gasteiger partial charge in [0.05, 0.1) is 6.10 Å². The van der Waals surface area contributed by atoms with Gasteiger partial charge in [0, 0.05) is 37.6 Å². The zero-order valence-corrected chi connectivity index (χ0v) is 16.0. The minimum absolute atomic E-state index is 0. The number of amides is 2. The highest BCUT2D eigenvalue weighted by Gasteiger charge is 2.62. The average Bonchev–Trinajstić information content (AvgIpc) is 2.58. The molecule has 6 nitrogen and oxygen atoms in total. The Kier molecular flexibility index (Phi) is 6.99. The number of carbonyl (C=O) groups is 2. The molecule has 0 radical (unpaired) electrons. The molecule has 140 valence electrons. The van der Waals surface area contributed by atoms with Gasteiger partial charge in [-0.15, -0.1) is 12.4 Å². The molecular weight excluding hydrogens is 342 g/mol. The lowest BCUT2D eigenvalue weighted by Crippen LogP contribution is -2.75. The van der Waals surface area contributed by atoms with Gasteiger partial charge in [0.1, 0.15) is 5.54 Å². The summed E-state index contributed by atoms with van der Waals surface area (Å²) in [4.78, 5) is 24.1. The van der Waals surface area contributed by atoms with Crippen molar-refractivity contribution < 1.29 is 14.3 Å². The number of benzene rings is 1. The normalized spacial score (nSPS) is 23.8. The van der Waals surface area contributed by atoms with Crippen molar-refractivity contribution in [3.8, 4) is 0 Å². The first-order valence-electron chi connectivity index (χ1n) is 8.26. The highest BCUT2D eigenvalue weighted by atomic mass is 35.5. The van der Waals surface area contributed by atoms with Crippen molar-refractivity contribution in [1.29, 1.82) is 0 Å². The maximum absolute atomic E-state index is 12.6. The number of nitrogens with one attached hydrogen (secondary N) is 2. The van der Waals surface area contributed by atoms with Crippen molar-refractivity contribution >= 4 is 24.2 Å². The van der Waals surface area contributed by atoms with E-state index in [1.807, 2.05) is 32.9 Å². The van der Waals surface area contributed by atoms with Gasteiger partial charge in [-0.25, -0.2) is 0 Å². The predicted molar refractivity (Wildman–Crippen MR) is 99.7 cm³/mol. The van der Waals surface area contributed by atoms with Crippen LogP contribution in [0.1, 0.15) is 43.1 Å². The molecular formula is C18H28ClN3O3. The van der Waals surface area contributed by atoms with Crippen molar-refractivity contribution in [2.75, 3.05) is 13.7 Å². The van der Waals surface area contributed by atoms with Gasteiger partial charge in [-0.3, -0.25) is 9.59 Å². The molecule has 1 saturated carbocycles. The van der Waals surface area contributed by atoms with Crippen LogP contribution < -0.4 is 16.4 Å². The van der Waals surface area contributed by atoms with Gasteiger partial charge in [-0.2, -0.15) is 0 Å². The molecule has 1 aliphatic rings. The van der Waals surface area contributed by atoms with Crippen LogP contribution in [0.15, 0.2) is 24.3 Å². The van der Waals surface area contributed by atoms with Crippen LogP contribution in [0.5, 0.6) is 0 Å². The zero-order valence-electron chi connectivity index (χ0n) is 15.2. The maximum Gasteiger partial charge on any atom is 0.251 e. The van der Waals surface area contributed by atoms with E-state index >= 15 is 0 Å². The van der Waals surface area contributed by atoms with Gasteiger partial charge >= 0.3 is 0 Å². The summed E-state index contributed by atoms with van der Waals surface area (Å²) in [7, 11) is 1.59. The van der Waals surface area contributed by atoms with Crippen LogP contribution >= 0.6 is 12.4 Å². The van der Waals surface area contributed by atoms with Crippen LogP contribution in [0.3, 0.4) is 0 Å². The number of halogens is 1. The second-order valence-electron chi connectivity index (χ2n) is 6.80. The van der Waals surface area contributed by atoms with Crippen LogP contribution in [-0.2, 0) is 16.1 Å². The topological polar surface area (TPSA) is 93.4 Å². The standard InChI is InChI=1S/C18H27N3O3.ClH/c1-5-24-14-10-18(19,17(14,2)3)16(23)21-11-12-6-8-13(9-7-12)15(22)20-4;/h6-9,14H,5,10-11,19H2,1-4H3,(H,20,22)(H,21,23);1H. The summed E-state index contributed by atoms with van der Waals surface area (Å²) in [5.74, 6) is -0.302. The smallest absolute Gasteiger partial charge is 0.251 e. The van der Waals surface area contributed by atoms with Gasteiger partial charge in [-0.05, 0) is 24.6 Å². The average molecular weight is 370 g/mol. The minimum atomic E-state index is -0.922. The van der Waals surface area contributed by atoms with Crippen molar-refractivity contribution in [3.63, 3.8) is 0 Å². The van der Waals surface area contributed by atoms with Crippen molar-refractivity contribution in [1.82, 2.24) is 10.6 Å². The first kappa shape index (κ1) is 21.4. The van der Waals surface area contributed by atoms with Crippen LogP contribution in [0.4, 0.5) is 0 Å². The molecule has 2 unspecified atom stereocenters. The fourth-order valence-corrected chi connectivity index (χ4v) is 3.08. The van der Waals surface area contributed by atoms with E-state index in [9.17, 15) is 9.59 Å². The highest BCUT2D eigenvalue weighted by Crippen LogP contribution is 2.49. The first-order chi connectivity index (χ1) is 11.3. The van der Waals surface area contributed by atoms with Gasteiger partial charge in [0.2, 0.25) is 5.91 Å². The molecule has 2 rings (SSSR count). The van der Waals surface area contributed by atoms with Crippen LogP contribution in [0, 0.1) is 5.41 Å². The molecule has 0 bridgehead atoms. The van der Waals surface area contributed by atoms with Gasteiger partial charge in [-0.1, -0.05) is 26.0 Å². The van der Waals surface area contributed by atoms with Crippen molar-refractivity contribution in [2.24, 2.45) is 11.1 Å². The predicted octanol–water partition coefficient (Wildman–Crippen LogP) is 1.62. The molecule has 0 saturated heterocycles. The van der Waals surface area contributed by atoms with Gasteiger partial charge < -0.3 is 21.1 Å². The fraction of sp³-hybridized carbons (Fsp3) is 0.556. The van der Waals surface area contributed by atoms with E-state index in [0.717, 1.165) is 5.56 Å². The molecule has 0 spiro atoms. The fourth-order valence-electron chi connectivity index (χ4n) is 3.08. The van der Waals surface area contributed by atoms with Crippen molar-refractivity contribution in [2.45, 2.75) is 45.4 Å². The number of hydrogen-bond donors (Lipinski definition) is 3. The molecule has 4 N–H and O–H groups in total.